The van der Waals surface area contributed by atoms with Crippen molar-refractivity contribution in [2.24, 2.45) is 5.10 Å². The molecule has 7 nitrogen and oxygen atoms in total. The molecule has 20 heavy (non-hydrogen) atoms. The van der Waals surface area contributed by atoms with Crippen molar-refractivity contribution in [3.8, 4) is 5.75 Å². The molecule has 0 aliphatic carbocycles. The summed E-state index contributed by atoms with van der Waals surface area (Å²) in [6, 6.07) is 3.74. The highest BCUT2D eigenvalue weighted by Crippen LogP contribution is 2.22. The molecule has 0 fully saturated rings. The fourth-order valence-electron chi connectivity index (χ4n) is 1.44. The van der Waals surface area contributed by atoms with Gasteiger partial charge in [-0.3, -0.25) is 15.5 Å². The molecule has 0 aliphatic rings. The summed E-state index contributed by atoms with van der Waals surface area (Å²) in [7, 11) is 0. The molecule has 0 aliphatic heterocycles. The lowest BCUT2D eigenvalue weighted by molar-refractivity contribution is -0.384. The number of thiazole rings is 1. The van der Waals surface area contributed by atoms with Gasteiger partial charge in [-0.15, -0.1) is 11.3 Å². The molecule has 0 unspecified atom stereocenters. The zero-order chi connectivity index (χ0) is 14.7. The Morgan fingerprint density at radius 2 is 2.25 bits per heavy atom. The predicted octanol–water partition coefficient (Wildman–Crippen LogP) is 2.82. The molecule has 0 amide bonds. The Labute approximate surface area is 118 Å². The first-order chi connectivity index (χ1) is 9.47. The number of hydrogen-bond donors (Lipinski definition) is 2. The summed E-state index contributed by atoms with van der Waals surface area (Å²) in [4.78, 5) is 15.4. The van der Waals surface area contributed by atoms with E-state index in [1.807, 2.05) is 13.8 Å². The number of nitrogens with zero attached hydrogens (tertiary/aromatic N) is 3. The predicted molar refractivity (Wildman–Crippen MR) is 77.6 cm³/mol. The number of phenols is 1. The van der Waals surface area contributed by atoms with E-state index in [4.69, 9.17) is 0 Å². The second-order valence-corrected chi connectivity index (χ2v) is 5.23. The van der Waals surface area contributed by atoms with E-state index in [9.17, 15) is 15.2 Å². The van der Waals surface area contributed by atoms with Gasteiger partial charge in [-0.1, -0.05) is 0 Å². The van der Waals surface area contributed by atoms with Crippen LogP contribution in [0.25, 0.3) is 0 Å². The van der Waals surface area contributed by atoms with Crippen LogP contribution in [0.4, 0.5) is 10.8 Å². The second-order valence-electron chi connectivity index (χ2n) is 4.03. The number of hydrogen-bond acceptors (Lipinski definition) is 7. The lowest BCUT2D eigenvalue weighted by Crippen LogP contribution is -1.93. The van der Waals surface area contributed by atoms with E-state index < -0.39 is 4.92 Å². The van der Waals surface area contributed by atoms with Gasteiger partial charge < -0.3 is 5.11 Å². The van der Waals surface area contributed by atoms with Crippen molar-refractivity contribution in [2.75, 3.05) is 5.43 Å². The number of anilines is 1. The highest BCUT2D eigenvalue weighted by molar-refractivity contribution is 7.15. The van der Waals surface area contributed by atoms with Crippen molar-refractivity contribution in [1.29, 1.82) is 0 Å². The maximum absolute atomic E-state index is 10.7. The zero-order valence-electron chi connectivity index (χ0n) is 10.8. The van der Waals surface area contributed by atoms with Crippen LogP contribution in [0.2, 0.25) is 0 Å². The van der Waals surface area contributed by atoms with Crippen LogP contribution in [0.3, 0.4) is 0 Å². The Morgan fingerprint density at radius 1 is 1.50 bits per heavy atom. The topological polar surface area (TPSA) is 101 Å². The lowest BCUT2D eigenvalue weighted by Gasteiger charge is -1.98. The molecular weight excluding hydrogens is 280 g/mol. The molecule has 2 aromatic rings. The molecule has 0 saturated heterocycles. The van der Waals surface area contributed by atoms with Crippen LogP contribution >= 0.6 is 11.3 Å². The minimum atomic E-state index is -0.530. The molecule has 0 bridgehead atoms. The monoisotopic (exact) mass is 292 g/mol. The quantitative estimate of drug-likeness (QED) is 0.512. The molecule has 0 atom stereocenters. The number of nitro benzene ring substituents is 1. The number of nitrogens with one attached hydrogen (secondary N) is 1. The molecule has 1 aromatic heterocycles. The van der Waals surface area contributed by atoms with E-state index in [1.54, 1.807) is 0 Å². The smallest absolute Gasteiger partial charge is 0.270 e. The number of rotatable bonds is 4. The maximum atomic E-state index is 10.7. The van der Waals surface area contributed by atoms with E-state index >= 15 is 0 Å². The summed E-state index contributed by atoms with van der Waals surface area (Å²) < 4.78 is 0. The van der Waals surface area contributed by atoms with Crippen LogP contribution < -0.4 is 5.43 Å². The van der Waals surface area contributed by atoms with Gasteiger partial charge in [0.25, 0.3) is 5.69 Å². The van der Waals surface area contributed by atoms with Gasteiger partial charge in [0.15, 0.2) is 0 Å². The molecule has 104 valence electrons. The standard InChI is InChI=1S/C12H12N4O3S/c1-7-8(2)20-12(14-7)15-13-6-9-5-10(16(18)19)3-4-11(9)17/h3-6,17H,1-2H3,(H,14,15)/b13-6+. The number of aromatic nitrogens is 1. The second kappa shape index (κ2) is 5.66. The van der Waals surface area contributed by atoms with Gasteiger partial charge in [-0.05, 0) is 19.9 Å². The molecule has 8 heteroatoms. The Bertz CT molecular complexity index is 662. The number of aromatic hydroxyl groups is 1. The first-order valence-corrected chi connectivity index (χ1v) is 6.49. The number of phenolic OH excluding ortho intramolecular Hbond substituents is 1. The minimum Gasteiger partial charge on any atom is -0.507 e. The van der Waals surface area contributed by atoms with Gasteiger partial charge in [0.05, 0.1) is 16.8 Å². The highest BCUT2D eigenvalue weighted by atomic mass is 32.1. The number of hydrazone groups is 1. The van der Waals surface area contributed by atoms with Crippen molar-refractivity contribution in [3.63, 3.8) is 0 Å². The van der Waals surface area contributed by atoms with Crippen molar-refractivity contribution in [2.45, 2.75) is 13.8 Å². The fraction of sp³-hybridized carbons (Fsp3) is 0.167. The van der Waals surface area contributed by atoms with E-state index in [-0.39, 0.29) is 17.0 Å². The van der Waals surface area contributed by atoms with Crippen LogP contribution in [0.1, 0.15) is 16.1 Å². The number of benzene rings is 1. The van der Waals surface area contributed by atoms with Crippen LogP contribution in [-0.4, -0.2) is 21.2 Å². The Morgan fingerprint density at radius 3 is 2.85 bits per heavy atom. The Balaban J connectivity index is 2.14. The maximum Gasteiger partial charge on any atom is 0.270 e. The zero-order valence-corrected chi connectivity index (χ0v) is 11.6. The summed E-state index contributed by atoms with van der Waals surface area (Å²) in [5.74, 6) is -0.0763. The minimum absolute atomic E-state index is 0.0763. The van der Waals surface area contributed by atoms with E-state index in [2.05, 4.69) is 15.5 Å². The van der Waals surface area contributed by atoms with E-state index in [0.717, 1.165) is 10.6 Å². The fourth-order valence-corrected chi connectivity index (χ4v) is 2.20. The molecule has 1 aromatic carbocycles. The van der Waals surface area contributed by atoms with Gasteiger partial charge in [-0.2, -0.15) is 5.10 Å². The van der Waals surface area contributed by atoms with Gasteiger partial charge in [0.1, 0.15) is 5.75 Å². The van der Waals surface area contributed by atoms with Crippen LogP contribution in [0.5, 0.6) is 5.75 Å². The van der Waals surface area contributed by atoms with Crippen molar-refractivity contribution < 1.29 is 10.0 Å². The van der Waals surface area contributed by atoms with Crippen molar-refractivity contribution in [1.82, 2.24) is 4.98 Å². The summed E-state index contributed by atoms with van der Waals surface area (Å²) in [5, 5.41) is 24.8. The lowest BCUT2D eigenvalue weighted by atomic mass is 10.2. The SMILES string of the molecule is Cc1nc(N/N=C/c2cc([N+](=O)[O-])ccc2O)sc1C. The van der Waals surface area contributed by atoms with E-state index in [0.29, 0.717) is 5.13 Å². The summed E-state index contributed by atoms with van der Waals surface area (Å²) in [6.45, 7) is 3.85. The van der Waals surface area contributed by atoms with Gasteiger partial charge >= 0.3 is 0 Å². The van der Waals surface area contributed by atoms with Crippen molar-refractivity contribution in [3.05, 3.63) is 44.4 Å². The summed E-state index contributed by atoms with van der Waals surface area (Å²) in [5.41, 5.74) is 3.80. The molecule has 0 saturated carbocycles. The normalized spacial score (nSPS) is 10.9. The Hall–Kier alpha value is -2.48. The molecule has 2 rings (SSSR count). The molecule has 0 spiro atoms. The largest absolute Gasteiger partial charge is 0.507 e. The first kappa shape index (κ1) is 13.9. The molecule has 2 N–H and O–H groups in total. The molecule has 0 radical (unpaired) electrons. The third-order valence-electron chi connectivity index (χ3n) is 2.61. The first-order valence-electron chi connectivity index (χ1n) is 5.68. The summed E-state index contributed by atoms with van der Waals surface area (Å²) >= 11 is 1.46. The molecule has 1 heterocycles. The average Bonchev–Trinajstić information content (AvgIpc) is 2.70. The van der Waals surface area contributed by atoms with Gasteiger partial charge in [-0.25, -0.2) is 4.98 Å². The van der Waals surface area contributed by atoms with Crippen LogP contribution in [0.15, 0.2) is 23.3 Å². The van der Waals surface area contributed by atoms with Crippen LogP contribution in [0, 0.1) is 24.0 Å². The van der Waals surface area contributed by atoms with Gasteiger partial charge in [0, 0.05) is 22.6 Å². The highest BCUT2D eigenvalue weighted by Gasteiger charge is 2.08. The third-order valence-corrected chi connectivity index (χ3v) is 3.59. The number of aryl methyl sites for hydroxylation is 2. The Kier molecular flexibility index (Phi) is 3.94. The average molecular weight is 292 g/mol. The molecular formula is C12H12N4O3S. The van der Waals surface area contributed by atoms with Crippen LogP contribution in [-0.2, 0) is 0 Å². The number of non-ortho nitro benzene ring substituents is 1. The number of nitro groups is 1. The van der Waals surface area contributed by atoms with Crippen molar-refractivity contribution >= 4 is 28.4 Å². The van der Waals surface area contributed by atoms with E-state index in [1.165, 1.54) is 35.8 Å². The van der Waals surface area contributed by atoms with Gasteiger partial charge in [0.2, 0.25) is 5.13 Å². The summed E-state index contributed by atoms with van der Waals surface area (Å²) in [6.07, 6.45) is 1.31. The third kappa shape index (κ3) is 3.09.